The number of anilines is 1. The average Bonchev–Trinajstić information content (AvgIpc) is 2.66. The monoisotopic (exact) mass is 216 g/mol. The van der Waals surface area contributed by atoms with Gasteiger partial charge in [0, 0.05) is 18.9 Å². The third kappa shape index (κ3) is 2.25. The molecule has 0 radical (unpaired) electrons. The quantitative estimate of drug-likeness (QED) is 0.777. The largest absolute Gasteiger partial charge is 0.349 e. The maximum Gasteiger partial charge on any atom is 0.127 e. The number of hydrogen-bond acceptors (Lipinski definition) is 1. The zero-order chi connectivity index (χ0) is 10.7. The van der Waals surface area contributed by atoms with Gasteiger partial charge in [-0.15, -0.1) is 0 Å². The van der Waals surface area contributed by atoms with Crippen molar-refractivity contribution in [3.05, 3.63) is 54.4 Å². The summed E-state index contributed by atoms with van der Waals surface area (Å²) in [6.45, 7) is 0. The van der Waals surface area contributed by atoms with E-state index in [1.165, 1.54) is 0 Å². The Morgan fingerprint density at radius 3 is 2.47 bits per heavy atom. The lowest BCUT2D eigenvalue weighted by molar-refractivity contribution is 0.917. The number of benzene rings is 1. The molecule has 1 heterocycles. The molecule has 1 N–H and O–H groups in total. The molecule has 0 bridgehead atoms. The first-order valence-electron chi connectivity index (χ1n) is 4.75. The Bertz CT molecular complexity index is 459. The van der Waals surface area contributed by atoms with Crippen LogP contribution in [0.3, 0.4) is 0 Å². The normalized spacial score (nSPS) is 9.93. The third-order valence-corrected chi connectivity index (χ3v) is 2.52. The minimum absolute atomic E-state index is 0.744. The van der Waals surface area contributed by atoms with Crippen LogP contribution in [0.4, 0.5) is 5.69 Å². The first-order chi connectivity index (χ1) is 7.27. The van der Waals surface area contributed by atoms with Crippen LogP contribution in [0, 0.1) is 0 Å². The minimum atomic E-state index is 0.744. The van der Waals surface area contributed by atoms with E-state index in [1.54, 1.807) is 0 Å². The SMILES string of the molecule is Cn1cccc1C(=S)Nc1ccccc1. The fourth-order valence-electron chi connectivity index (χ4n) is 1.41. The molecule has 0 aliphatic rings. The topological polar surface area (TPSA) is 17.0 Å². The lowest BCUT2D eigenvalue weighted by atomic mass is 10.3. The van der Waals surface area contributed by atoms with E-state index in [0.717, 1.165) is 16.4 Å². The number of aryl methyl sites for hydroxylation is 1. The molecule has 2 rings (SSSR count). The molecule has 0 fully saturated rings. The van der Waals surface area contributed by atoms with Crippen molar-refractivity contribution in [2.75, 3.05) is 5.32 Å². The number of rotatable bonds is 2. The number of nitrogens with one attached hydrogen (secondary N) is 1. The van der Waals surface area contributed by atoms with Gasteiger partial charge in [0.2, 0.25) is 0 Å². The molecule has 0 aliphatic carbocycles. The van der Waals surface area contributed by atoms with Gasteiger partial charge in [-0.05, 0) is 24.3 Å². The van der Waals surface area contributed by atoms with Crippen LogP contribution >= 0.6 is 12.2 Å². The van der Waals surface area contributed by atoms with Crippen molar-refractivity contribution in [1.29, 1.82) is 0 Å². The lowest BCUT2D eigenvalue weighted by Crippen LogP contribution is -2.13. The predicted octanol–water partition coefficient (Wildman–Crippen LogP) is 2.81. The van der Waals surface area contributed by atoms with Crippen LogP contribution in [-0.2, 0) is 7.05 Å². The summed E-state index contributed by atoms with van der Waals surface area (Å²) in [5.74, 6) is 0. The molecule has 2 aromatic rings. The summed E-state index contributed by atoms with van der Waals surface area (Å²) in [5, 5.41) is 3.20. The van der Waals surface area contributed by atoms with Gasteiger partial charge in [-0.3, -0.25) is 0 Å². The van der Waals surface area contributed by atoms with E-state index in [2.05, 4.69) is 5.32 Å². The van der Waals surface area contributed by atoms with Crippen molar-refractivity contribution < 1.29 is 0 Å². The second kappa shape index (κ2) is 4.28. The highest BCUT2D eigenvalue weighted by molar-refractivity contribution is 7.81. The average molecular weight is 216 g/mol. The second-order valence-electron chi connectivity index (χ2n) is 3.32. The van der Waals surface area contributed by atoms with Gasteiger partial charge >= 0.3 is 0 Å². The van der Waals surface area contributed by atoms with E-state index >= 15 is 0 Å². The smallest absolute Gasteiger partial charge is 0.127 e. The van der Waals surface area contributed by atoms with E-state index in [9.17, 15) is 0 Å². The van der Waals surface area contributed by atoms with Crippen molar-refractivity contribution >= 4 is 22.9 Å². The molecular weight excluding hydrogens is 204 g/mol. The summed E-state index contributed by atoms with van der Waals surface area (Å²) in [7, 11) is 1.98. The lowest BCUT2D eigenvalue weighted by Gasteiger charge is -2.08. The Morgan fingerprint density at radius 2 is 1.87 bits per heavy atom. The van der Waals surface area contributed by atoms with Crippen molar-refractivity contribution in [2.24, 2.45) is 7.05 Å². The first-order valence-corrected chi connectivity index (χ1v) is 5.16. The van der Waals surface area contributed by atoms with E-state index < -0.39 is 0 Å². The third-order valence-electron chi connectivity index (χ3n) is 2.21. The summed E-state index contributed by atoms with van der Waals surface area (Å²) in [6, 6.07) is 13.9. The number of aromatic nitrogens is 1. The summed E-state index contributed by atoms with van der Waals surface area (Å²) < 4.78 is 2.00. The Labute approximate surface area is 94.5 Å². The maximum absolute atomic E-state index is 5.31. The predicted molar refractivity (Wildman–Crippen MR) is 67.2 cm³/mol. The van der Waals surface area contributed by atoms with Gasteiger partial charge in [-0.1, -0.05) is 30.4 Å². The number of nitrogens with zero attached hydrogens (tertiary/aromatic N) is 1. The van der Waals surface area contributed by atoms with Gasteiger partial charge in [-0.2, -0.15) is 0 Å². The number of para-hydroxylation sites is 1. The van der Waals surface area contributed by atoms with Crippen molar-refractivity contribution in [3.63, 3.8) is 0 Å². The summed E-state index contributed by atoms with van der Waals surface area (Å²) in [4.78, 5) is 0.744. The molecule has 0 amide bonds. The molecular formula is C12H12N2S. The van der Waals surface area contributed by atoms with Gasteiger partial charge in [-0.25, -0.2) is 0 Å². The molecule has 0 unspecified atom stereocenters. The van der Waals surface area contributed by atoms with Crippen LogP contribution < -0.4 is 5.32 Å². The van der Waals surface area contributed by atoms with Crippen molar-refractivity contribution in [3.8, 4) is 0 Å². The maximum atomic E-state index is 5.31. The van der Waals surface area contributed by atoms with E-state index in [1.807, 2.05) is 60.3 Å². The van der Waals surface area contributed by atoms with Gasteiger partial charge in [0.1, 0.15) is 4.99 Å². The summed E-state index contributed by atoms with van der Waals surface area (Å²) in [6.07, 6.45) is 1.98. The molecule has 15 heavy (non-hydrogen) atoms. The van der Waals surface area contributed by atoms with Crippen molar-refractivity contribution in [2.45, 2.75) is 0 Å². The molecule has 0 atom stereocenters. The molecule has 3 heteroatoms. The van der Waals surface area contributed by atoms with E-state index in [-0.39, 0.29) is 0 Å². The highest BCUT2D eigenvalue weighted by Gasteiger charge is 2.03. The highest BCUT2D eigenvalue weighted by atomic mass is 32.1. The van der Waals surface area contributed by atoms with Crippen molar-refractivity contribution in [1.82, 2.24) is 4.57 Å². The van der Waals surface area contributed by atoms with Crippen LogP contribution in [0.5, 0.6) is 0 Å². The minimum Gasteiger partial charge on any atom is -0.349 e. The van der Waals surface area contributed by atoms with Gasteiger partial charge in [0.25, 0.3) is 0 Å². The van der Waals surface area contributed by atoms with Gasteiger partial charge in [0.15, 0.2) is 0 Å². The van der Waals surface area contributed by atoms with Crippen LogP contribution in [-0.4, -0.2) is 9.56 Å². The van der Waals surface area contributed by atoms with Crippen LogP contribution in [0.25, 0.3) is 0 Å². The summed E-state index contributed by atoms with van der Waals surface area (Å²) >= 11 is 5.31. The van der Waals surface area contributed by atoms with Crippen LogP contribution in [0.2, 0.25) is 0 Å². The molecule has 0 saturated heterocycles. The molecule has 76 valence electrons. The zero-order valence-corrected chi connectivity index (χ0v) is 9.29. The molecule has 1 aromatic carbocycles. The standard InChI is InChI=1S/C12H12N2S/c1-14-9-5-8-11(14)12(15)13-10-6-3-2-4-7-10/h2-9H,1H3,(H,13,15). The van der Waals surface area contributed by atoms with Gasteiger partial charge in [0.05, 0.1) is 5.69 Å². The van der Waals surface area contributed by atoms with E-state index in [4.69, 9.17) is 12.2 Å². The Morgan fingerprint density at radius 1 is 1.13 bits per heavy atom. The number of hydrogen-bond donors (Lipinski definition) is 1. The molecule has 1 aromatic heterocycles. The second-order valence-corrected chi connectivity index (χ2v) is 3.73. The Hall–Kier alpha value is -1.61. The highest BCUT2D eigenvalue weighted by Crippen LogP contribution is 2.09. The van der Waals surface area contributed by atoms with Crippen LogP contribution in [0.1, 0.15) is 5.69 Å². The molecule has 2 nitrogen and oxygen atoms in total. The molecule has 0 aliphatic heterocycles. The molecule has 0 saturated carbocycles. The first kappa shape index (κ1) is 9.93. The number of thiocarbonyl (C=S) groups is 1. The fourth-order valence-corrected chi connectivity index (χ4v) is 1.74. The Kier molecular flexibility index (Phi) is 2.83. The fraction of sp³-hybridized carbons (Fsp3) is 0.0833. The Balaban J connectivity index is 2.15. The van der Waals surface area contributed by atoms with E-state index in [0.29, 0.717) is 0 Å². The summed E-state index contributed by atoms with van der Waals surface area (Å²) in [5.41, 5.74) is 2.04. The van der Waals surface area contributed by atoms with Crippen LogP contribution in [0.15, 0.2) is 48.7 Å². The molecule has 0 spiro atoms. The zero-order valence-electron chi connectivity index (χ0n) is 8.47. The van der Waals surface area contributed by atoms with Gasteiger partial charge < -0.3 is 9.88 Å².